The first-order valence-electron chi connectivity index (χ1n) is 4.11. The van der Waals surface area contributed by atoms with Crippen LogP contribution in [-0.4, -0.2) is 26.3 Å². The number of likely N-dealkylation sites (N-methyl/N-ethyl adjacent to an activating group) is 1. The van der Waals surface area contributed by atoms with Crippen LogP contribution in [0.3, 0.4) is 0 Å². The summed E-state index contributed by atoms with van der Waals surface area (Å²) in [5, 5.41) is 3.10. The first-order chi connectivity index (χ1) is 4.85. The maximum Gasteiger partial charge on any atom is 0.0696 e. The molecule has 62 valence electrons. The monoisotopic (exact) mass is 145 g/mol. The fourth-order valence-electron chi connectivity index (χ4n) is 0.833. The average Bonchev–Trinajstić information content (AvgIpc) is 1.98. The third kappa shape index (κ3) is 4.77. The van der Waals surface area contributed by atoms with Crippen LogP contribution in [0.4, 0.5) is 0 Å². The molecule has 0 aromatic carbocycles. The molecule has 0 radical (unpaired) electrons. The van der Waals surface area contributed by atoms with Crippen molar-refractivity contribution in [1.29, 1.82) is 0 Å². The quantitative estimate of drug-likeness (QED) is 0.610. The molecule has 0 amide bonds. The van der Waals surface area contributed by atoms with Gasteiger partial charge in [-0.15, -0.1) is 0 Å². The summed E-state index contributed by atoms with van der Waals surface area (Å²) in [6.45, 7) is 6.14. The molecule has 0 aliphatic carbocycles. The van der Waals surface area contributed by atoms with Gasteiger partial charge in [-0.3, -0.25) is 0 Å². The molecule has 1 unspecified atom stereocenters. The smallest absolute Gasteiger partial charge is 0.0696 e. The first kappa shape index (κ1) is 9.92. The Bertz CT molecular complexity index is 66.3. The van der Waals surface area contributed by atoms with E-state index in [1.807, 2.05) is 7.05 Å². The van der Waals surface area contributed by atoms with E-state index in [2.05, 4.69) is 19.2 Å². The Balaban J connectivity index is 3.21. The molecular weight excluding hydrogens is 126 g/mol. The van der Waals surface area contributed by atoms with Gasteiger partial charge in [0.2, 0.25) is 0 Å². The van der Waals surface area contributed by atoms with Crippen molar-refractivity contribution in [1.82, 2.24) is 5.32 Å². The number of hydrogen-bond acceptors (Lipinski definition) is 2. The van der Waals surface area contributed by atoms with Gasteiger partial charge in [-0.05, 0) is 19.9 Å². The van der Waals surface area contributed by atoms with Crippen LogP contribution < -0.4 is 5.32 Å². The molecule has 0 aliphatic rings. The number of hydrogen-bond donors (Lipinski definition) is 1. The van der Waals surface area contributed by atoms with Crippen molar-refractivity contribution in [3.8, 4) is 0 Å². The van der Waals surface area contributed by atoms with Gasteiger partial charge in [0.15, 0.2) is 0 Å². The van der Waals surface area contributed by atoms with E-state index in [9.17, 15) is 0 Å². The molecule has 2 heteroatoms. The molecule has 0 aromatic heterocycles. The van der Waals surface area contributed by atoms with Crippen molar-refractivity contribution in [2.75, 3.05) is 20.2 Å². The number of nitrogens with one attached hydrogen (secondary N) is 1. The summed E-state index contributed by atoms with van der Waals surface area (Å²) < 4.78 is 5.52. The summed E-state index contributed by atoms with van der Waals surface area (Å²) in [7, 11) is 1.96. The highest BCUT2D eigenvalue weighted by Crippen LogP contribution is 1.96. The van der Waals surface area contributed by atoms with Crippen LogP contribution in [0.2, 0.25) is 0 Å². The molecule has 0 bridgehead atoms. The molecule has 1 atom stereocenters. The SMILES string of the molecule is CCCOC(CC)CNC. The second kappa shape index (κ2) is 7.03. The Morgan fingerprint density at radius 1 is 1.40 bits per heavy atom. The van der Waals surface area contributed by atoms with Crippen LogP contribution in [0.25, 0.3) is 0 Å². The van der Waals surface area contributed by atoms with Gasteiger partial charge in [-0.1, -0.05) is 13.8 Å². The fraction of sp³-hybridized carbons (Fsp3) is 1.00. The van der Waals surface area contributed by atoms with Crippen molar-refractivity contribution in [3.63, 3.8) is 0 Å². The largest absolute Gasteiger partial charge is 0.377 e. The predicted octanol–water partition coefficient (Wildman–Crippen LogP) is 1.41. The van der Waals surface area contributed by atoms with Gasteiger partial charge in [-0.25, -0.2) is 0 Å². The maximum absolute atomic E-state index is 5.52. The van der Waals surface area contributed by atoms with Gasteiger partial charge in [0.05, 0.1) is 6.10 Å². The molecule has 10 heavy (non-hydrogen) atoms. The average molecular weight is 145 g/mol. The van der Waals surface area contributed by atoms with Crippen molar-refractivity contribution in [2.24, 2.45) is 0 Å². The Morgan fingerprint density at radius 2 is 2.10 bits per heavy atom. The fourth-order valence-corrected chi connectivity index (χ4v) is 0.833. The summed E-state index contributed by atoms with van der Waals surface area (Å²) in [6, 6.07) is 0. The van der Waals surface area contributed by atoms with Gasteiger partial charge in [0.25, 0.3) is 0 Å². The first-order valence-corrected chi connectivity index (χ1v) is 4.11. The van der Waals surface area contributed by atoms with Gasteiger partial charge < -0.3 is 10.1 Å². The molecule has 0 saturated heterocycles. The Morgan fingerprint density at radius 3 is 2.50 bits per heavy atom. The molecule has 0 saturated carbocycles. The van der Waals surface area contributed by atoms with Crippen LogP contribution in [0.1, 0.15) is 26.7 Å². The predicted molar refractivity (Wildman–Crippen MR) is 44.2 cm³/mol. The van der Waals surface area contributed by atoms with Gasteiger partial charge in [-0.2, -0.15) is 0 Å². The summed E-state index contributed by atoms with van der Waals surface area (Å²) in [5.41, 5.74) is 0. The third-order valence-electron chi connectivity index (χ3n) is 1.44. The molecule has 0 rings (SSSR count). The number of ether oxygens (including phenoxy) is 1. The van der Waals surface area contributed by atoms with Gasteiger partial charge >= 0.3 is 0 Å². The lowest BCUT2D eigenvalue weighted by Gasteiger charge is -2.14. The minimum absolute atomic E-state index is 0.407. The highest BCUT2D eigenvalue weighted by atomic mass is 16.5. The Kier molecular flexibility index (Phi) is 6.98. The lowest BCUT2D eigenvalue weighted by atomic mass is 10.3. The van der Waals surface area contributed by atoms with E-state index in [1.54, 1.807) is 0 Å². The topological polar surface area (TPSA) is 21.3 Å². The van der Waals surface area contributed by atoms with E-state index >= 15 is 0 Å². The maximum atomic E-state index is 5.52. The van der Waals surface area contributed by atoms with E-state index in [0.717, 1.165) is 26.0 Å². The minimum Gasteiger partial charge on any atom is -0.377 e. The third-order valence-corrected chi connectivity index (χ3v) is 1.44. The highest BCUT2D eigenvalue weighted by molar-refractivity contribution is 4.56. The van der Waals surface area contributed by atoms with Crippen LogP contribution in [0.15, 0.2) is 0 Å². The molecule has 0 fully saturated rings. The van der Waals surface area contributed by atoms with Crippen molar-refractivity contribution in [2.45, 2.75) is 32.8 Å². The summed E-state index contributed by atoms with van der Waals surface area (Å²) in [5.74, 6) is 0. The van der Waals surface area contributed by atoms with Gasteiger partial charge in [0, 0.05) is 13.2 Å². The normalized spacial score (nSPS) is 13.5. The van der Waals surface area contributed by atoms with Gasteiger partial charge in [0.1, 0.15) is 0 Å². The second-order valence-corrected chi connectivity index (χ2v) is 2.46. The lowest BCUT2D eigenvalue weighted by molar-refractivity contribution is 0.0525. The second-order valence-electron chi connectivity index (χ2n) is 2.46. The Hall–Kier alpha value is -0.0800. The molecule has 2 nitrogen and oxygen atoms in total. The van der Waals surface area contributed by atoms with Crippen molar-refractivity contribution >= 4 is 0 Å². The van der Waals surface area contributed by atoms with E-state index < -0.39 is 0 Å². The molecule has 0 heterocycles. The zero-order chi connectivity index (χ0) is 7.82. The zero-order valence-corrected chi connectivity index (χ0v) is 7.31. The van der Waals surface area contributed by atoms with Crippen molar-refractivity contribution < 1.29 is 4.74 Å². The molecular formula is C8H19NO. The van der Waals surface area contributed by atoms with E-state index in [-0.39, 0.29) is 0 Å². The number of rotatable bonds is 6. The highest BCUT2D eigenvalue weighted by Gasteiger charge is 2.02. The minimum atomic E-state index is 0.407. The summed E-state index contributed by atoms with van der Waals surface area (Å²) in [6.07, 6.45) is 2.62. The van der Waals surface area contributed by atoms with E-state index in [1.165, 1.54) is 0 Å². The lowest BCUT2D eigenvalue weighted by Crippen LogP contribution is -2.26. The van der Waals surface area contributed by atoms with Crippen molar-refractivity contribution in [3.05, 3.63) is 0 Å². The van der Waals surface area contributed by atoms with E-state index in [0.29, 0.717) is 6.10 Å². The summed E-state index contributed by atoms with van der Waals surface area (Å²) >= 11 is 0. The van der Waals surface area contributed by atoms with Crippen LogP contribution in [0, 0.1) is 0 Å². The molecule has 0 aromatic rings. The molecule has 0 aliphatic heterocycles. The zero-order valence-electron chi connectivity index (χ0n) is 7.31. The van der Waals surface area contributed by atoms with Crippen LogP contribution in [-0.2, 0) is 4.74 Å². The molecule has 1 N–H and O–H groups in total. The van der Waals surface area contributed by atoms with Crippen LogP contribution >= 0.6 is 0 Å². The van der Waals surface area contributed by atoms with Crippen LogP contribution in [0.5, 0.6) is 0 Å². The summed E-state index contributed by atoms with van der Waals surface area (Å²) in [4.78, 5) is 0. The van der Waals surface area contributed by atoms with E-state index in [4.69, 9.17) is 4.74 Å². The standard InChI is InChI=1S/C8H19NO/c1-4-6-10-8(5-2)7-9-3/h8-9H,4-7H2,1-3H3. The molecule has 0 spiro atoms. The Labute approximate surface area is 64.0 Å².